The summed E-state index contributed by atoms with van der Waals surface area (Å²) >= 11 is 5.90. The number of hydrogen-bond donors (Lipinski definition) is 1. The molecule has 0 amide bonds. The lowest BCUT2D eigenvalue weighted by atomic mass is 9.85. The van der Waals surface area contributed by atoms with Crippen LogP contribution in [0.4, 0.5) is 5.69 Å². The Kier molecular flexibility index (Phi) is 5.39. The number of likely N-dealkylation sites (N-methyl/N-ethyl adjacent to an activating group) is 1. The summed E-state index contributed by atoms with van der Waals surface area (Å²) in [4.78, 5) is 10.6. The largest absolute Gasteiger partial charge is 0.481 e. The van der Waals surface area contributed by atoms with E-state index in [2.05, 4.69) is 5.32 Å². The molecule has 6 nitrogen and oxygen atoms in total. The van der Waals surface area contributed by atoms with Gasteiger partial charge in [-0.3, -0.25) is 10.1 Å². The maximum absolute atomic E-state index is 11.0. The van der Waals surface area contributed by atoms with Crippen LogP contribution in [0.3, 0.4) is 0 Å². The maximum Gasteiger partial charge on any atom is 0.311 e. The van der Waals surface area contributed by atoms with Gasteiger partial charge in [-0.25, -0.2) is 0 Å². The highest BCUT2D eigenvalue weighted by molar-refractivity contribution is 6.30. The smallest absolute Gasteiger partial charge is 0.311 e. The molecule has 1 aliphatic carbocycles. The third-order valence-corrected chi connectivity index (χ3v) is 3.71. The molecule has 7 heteroatoms. The van der Waals surface area contributed by atoms with Crippen molar-refractivity contribution in [2.75, 3.05) is 13.2 Å². The Morgan fingerprint density at radius 2 is 2.24 bits per heavy atom. The van der Waals surface area contributed by atoms with Crippen LogP contribution in [0, 0.1) is 10.1 Å². The van der Waals surface area contributed by atoms with Gasteiger partial charge in [0.15, 0.2) is 5.75 Å². The highest BCUT2D eigenvalue weighted by Gasteiger charge is 2.44. The number of nitro benzene ring substituents is 1. The number of nitrogens with one attached hydrogen (secondary N) is 1. The first-order valence-electron chi connectivity index (χ1n) is 7.02. The molecule has 1 aliphatic rings. The molecule has 0 bridgehead atoms. The van der Waals surface area contributed by atoms with Crippen molar-refractivity contribution in [3.8, 4) is 5.75 Å². The zero-order valence-electron chi connectivity index (χ0n) is 12.0. The van der Waals surface area contributed by atoms with Crippen LogP contribution in [0.5, 0.6) is 5.75 Å². The van der Waals surface area contributed by atoms with Gasteiger partial charge in [0.25, 0.3) is 0 Å². The quantitative estimate of drug-likeness (QED) is 0.619. The minimum absolute atomic E-state index is 0.0819. The molecular weight excluding hydrogens is 296 g/mol. The summed E-state index contributed by atoms with van der Waals surface area (Å²) in [5.74, 6) is 0.192. The molecule has 116 valence electrons. The molecule has 3 atom stereocenters. The van der Waals surface area contributed by atoms with Gasteiger partial charge in [0.05, 0.1) is 4.92 Å². The molecule has 0 aliphatic heterocycles. The van der Waals surface area contributed by atoms with Crippen molar-refractivity contribution in [2.45, 2.75) is 38.5 Å². The summed E-state index contributed by atoms with van der Waals surface area (Å²) in [7, 11) is 0. The van der Waals surface area contributed by atoms with Gasteiger partial charge < -0.3 is 14.8 Å². The molecule has 21 heavy (non-hydrogen) atoms. The average molecular weight is 315 g/mol. The van der Waals surface area contributed by atoms with Gasteiger partial charge in [-0.05, 0) is 19.5 Å². The summed E-state index contributed by atoms with van der Waals surface area (Å²) in [6, 6.07) is 4.53. The zero-order chi connectivity index (χ0) is 15.4. The van der Waals surface area contributed by atoms with Gasteiger partial charge >= 0.3 is 5.69 Å². The fourth-order valence-electron chi connectivity index (χ4n) is 2.47. The Morgan fingerprint density at radius 3 is 2.86 bits per heavy atom. The standard InChI is InChI=1S/C14H19ClN2O4/c1-3-16-10-8-13(14(10)20-4-2)21-12-7-9(15)5-6-11(12)17(18)19/h5-7,10,13-14,16H,3-4,8H2,1-2H3. The Balaban J connectivity index is 2.11. The van der Waals surface area contributed by atoms with Crippen LogP contribution in [0.25, 0.3) is 0 Å². The molecule has 0 spiro atoms. The normalized spacial score (nSPS) is 24.4. The van der Waals surface area contributed by atoms with Crippen molar-refractivity contribution in [2.24, 2.45) is 0 Å². The summed E-state index contributed by atoms with van der Waals surface area (Å²) in [6.07, 6.45) is 0.446. The number of benzene rings is 1. The van der Waals surface area contributed by atoms with Crippen LogP contribution in [0.2, 0.25) is 5.02 Å². The summed E-state index contributed by atoms with van der Waals surface area (Å²) < 4.78 is 11.4. The van der Waals surface area contributed by atoms with Gasteiger partial charge in [-0.15, -0.1) is 0 Å². The Bertz CT molecular complexity index is 512. The zero-order valence-corrected chi connectivity index (χ0v) is 12.8. The number of nitro groups is 1. The lowest BCUT2D eigenvalue weighted by Gasteiger charge is -2.43. The van der Waals surface area contributed by atoms with E-state index in [1.54, 1.807) is 0 Å². The van der Waals surface area contributed by atoms with Crippen LogP contribution in [-0.2, 0) is 4.74 Å². The molecule has 0 radical (unpaired) electrons. The SMILES string of the molecule is CCNC1CC(Oc2cc(Cl)ccc2[N+](=O)[O-])C1OCC. The summed E-state index contributed by atoms with van der Waals surface area (Å²) in [5, 5.41) is 14.8. The minimum atomic E-state index is -0.470. The topological polar surface area (TPSA) is 73.6 Å². The maximum atomic E-state index is 11.0. The lowest BCUT2D eigenvalue weighted by molar-refractivity contribution is -0.386. The number of ether oxygens (including phenoxy) is 2. The van der Waals surface area contributed by atoms with Gasteiger partial charge in [0.1, 0.15) is 12.2 Å². The average Bonchev–Trinajstić information content (AvgIpc) is 2.43. The molecule has 0 aromatic heterocycles. The Hall–Kier alpha value is -1.37. The Labute approximate surface area is 128 Å². The second-order valence-electron chi connectivity index (χ2n) is 4.85. The van der Waals surface area contributed by atoms with Gasteiger partial charge in [-0.1, -0.05) is 18.5 Å². The number of halogens is 1. The van der Waals surface area contributed by atoms with Crippen LogP contribution >= 0.6 is 11.6 Å². The summed E-state index contributed by atoms with van der Waals surface area (Å²) in [5.41, 5.74) is -0.0819. The number of hydrogen-bond acceptors (Lipinski definition) is 5. The molecule has 0 saturated heterocycles. The van der Waals surface area contributed by atoms with E-state index in [-0.39, 0.29) is 29.7 Å². The number of rotatable bonds is 7. The van der Waals surface area contributed by atoms with Crippen LogP contribution in [0.15, 0.2) is 18.2 Å². The van der Waals surface area contributed by atoms with E-state index >= 15 is 0 Å². The second-order valence-corrected chi connectivity index (χ2v) is 5.28. The van der Waals surface area contributed by atoms with E-state index in [0.717, 1.165) is 13.0 Å². The molecule has 3 unspecified atom stereocenters. The molecule has 2 rings (SSSR count). The number of nitrogens with zero attached hydrogens (tertiary/aromatic N) is 1. The van der Waals surface area contributed by atoms with E-state index in [0.29, 0.717) is 11.6 Å². The monoisotopic (exact) mass is 314 g/mol. The van der Waals surface area contributed by atoms with Crippen molar-refractivity contribution < 1.29 is 14.4 Å². The summed E-state index contributed by atoms with van der Waals surface area (Å²) in [6.45, 7) is 5.36. The fourth-order valence-corrected chi connectivity index (χ4v) is 2.63. The molecule has 1 fully saturated rings. The van der Waals surface area contributed by atoms with Crippen LogP contribution in [0.1, 0.15) is 20.3 Å². The lowest BCUT2D eigenvalue weighted by Crippen LogP contribution is -2.61. The third kappa shape index (κ3) is 3.64. The van der Waals surface area contributed by atoms with E-state index in [9.17, 15) is 10.1 Å². The van der Waals surface area contributed by atoms with Crippen molar-refractivity contribution in [3.63, 3.8) is 0 Å². The first-order chi connectivity index (χ1) is 10.1. The fraction of sp³-hybridized carbons (Fsp3) is 0.571. The second kappa shape index (κ2) is 7.06. The predicted octanol–water partition coefficient (Wildman–Crippen LogP) is 2.78. The van der Waals surface area contributed by atoms with Crippen LogP contribution in [-0.4, -0.2) is 36.3 Å². The first-order valence-corrected chi connectivity index (χ1v) is 7.40. The minimum Gasteiger partial charge on any atom is -0.481 e. The first kappa shape index (κ1) is 16.0. The van der Waals surface area contributed by atoms with E-state index in [1.165, 1.54) is 18.2 Å². The Morgan fingerprint density at radius 1 is 1.48 bits per heavy atom. The molecule has 1 aromatic carbocycles. The highest BCUT2D eigenvalue weighted by atomic mass is 35.5. The highest BCUT2D eigenvalue weighted by Crippen LogP contribution is 2.35. The molecule has 0 heterocycles. The van der Waals surface area contributed by atoms with E-state index in [4.69, 9.17) is 21.1 Å². The molecular formula is C14H19ClN2O4. The predicted molar refractivity (Wildman–Crippen MR) is 80.0 cm³/mol. The molecule has 1 saturated carbocycles. The van der Waals surface area contributed by atoms with Gasteiger partial charge in [0, 0.05) is 36.2 Å². The van der Waals surface area contributed by atoms with Crippen molar-refractivity contribution >= 4 is 17.3 Å². The molecule has 1 N–H and O–H groups in total. The van der Waals surface area contributed by atoms with E-state index in [1.807, 2.05) is 13.8 Å². The van der Waals surface area contributed by atoms with E-state index < -0.39 is 4.92 Å². The third-order valence-electron chi connectivity index (χ3n) is 3.47. The van der Waals surface area contributed by atoms with Crippen molar-refractivity contribution in [1.82, 2.24) is 5.32 Å². The van der Waals surface area contributed by atoms with Crippen molar-refractivity contribution in [3.05, 3.63) is 33.3 Å². The van der Waals surface area contributed by atoms with Gasteiger partial charge in [-0.2, -0.15) is 0 Å². The van der Waals surface area contributed by atoms with Gasteiger partial charge in [0.2, 0.25) is 0 Å². The molecule has 1 aromatic rings. The van der Waals surface area contributed by atoms with Crippen LogP contribution < -0.4 is 10.1 Å². The van der Waals surface area contributed by atoms with Crippen molar-refractivity contribution in [1.29, 1.82) is 0 Å².